The van der Waals surface area contributed by atoms with Gasteiger partial charge in [-0.05, 0) is 24.0 Å². The molecular weight excluding hydrogens is 274 g/mol. The number of aliphatic carboxylic acids is 1. The van der Waals surface area contributed by atoms with Crippen molar-refractivity contribution in [2.45, 2.75) is 23.4 Å². The van der Waals surface area contributed by atoms with Crippen LogP contribution in [0.1, 0.15) is 23.0 Å². The average Bonchev–Trinajstić information content (AvgIpc) is 2.94. The van der Waals surface area contributed by atoms with E-state index in [1.54, 1.807) is 18.1 Å². The Labute approximate surface area is 120 Å². The van der Waals surface area contributed by atoms with Crippen LogP contribution in [0.3, 0.4) is 0 Å². The molecule has 6 heteroatoms. The lowest BCUT2D eigenvalue weighted by Gasteiger charge is -2.28. The van der Waals surface area contributed by atoms with E-state index in [0.29, 0.717) is 6.42 Å². The summed E-state index contributed by atoms with van der Waals surface area (Å²) in [6, 6.07) is 7.35. The number of carbonyl (C=O) groups is 1. The van der Waals surface area contributed by atoms with Gasteiger partial charge in [-0.25, -0.2) is 4.98 Å². The highest BCUT2D eigenvalue weighted by atomic mass is 32.2. The third-order valence-electron chi connectivity index (χ3n) is 3.55. The minimum absolute atomic E-state index is 0.179. The van der Waals surface area contributed by atoms with E-state index in [9.17, 15) is 9.90 Å². The third kappa shape index (κ3) is 2.32. The first-order valence-corrected chi connectivity index (χ1v) is 7.56. The Balaban J connectivity index is 1.97. The molecule has 1 aromatic heterocycles. The van der Waals surface area contributed by atoms with E-state index in [1.165, 1.54) is 4.90 Å². The molecule has 0 spiro atoms. The van der Waals surface area contributed by atoms with Gasteiger partial charge in [0.25, 0.3) is 0 Å². The zero-order valence-electron chi connectivity index (χ0n) is 11.0. The predicted octanol–water partition coefficient (Wildman–Crippen LogP) is 1.82. The molecule has 20 heavy (non-hydrogen) atoms. The molecule has 0 radical (unpaired) electrons. The number of nitrogens with zero attached hydrogens (tertiary/aromatic N) is 1. The number of rotatable bonds is 3. The van der Waals surface area contributed by atoms with Crippen LogP contribution in [0.4, 0.5) is 0 Å². The number of benzene rings is 1. The standard InChI is InChI=1S/C14H15N3O2S/c1-20-9-4-2-8(3-5-9)12-13-10(15-7-16-13)6-11(17-12)14(18)19/h2-5,7,11-12,17H,6H2,1H3,(H,15,16)(H,18,19)/t11-,12-/m1/s1. The third-order valence-corrected chi connectivity index (χ3v) is 4.29. The van der Waals surface area contributed by atoms with E-state index in [-0.39, 0.29) is 6.04 Å². The van der Waals surface area contributed by atoms with E-state index < -0.39 is 12.0 Å². The van der Waals surface area contributed by atoms with Gasteiger partial charge in [-0.2, -0.15) is 0 Å². The first-order valence-electron chi connectivity index (χ1n) is 6.34. The number of carboxylic acids is 1. The van der Waals surface area contributed by atoms with Crippen LogP contribution in [0, 0.1) is 0 Å². The van der Waals surface area contributed by atoms with Gasteiger partial charge in [0.05, 0.1) is 18.1 Å². The van der Waals surface area contributed by atoms with Gasteiger partial charge in [-0.3, -0.25) is 10.1 Å². The maximum atomic E-state index is 11.3. The van der Waals surface area contributed by atoms with Crippen molar-refractivity contribution in [1.29, 1.82) is 0 Å². The van der Waals surface area contributed by atoms with Gasteiger partial charge in [0.2, 0.25) is 0 Å². The molecule has 0 aliphatic carbocycles. The molecule has 2 atom stereocenters. The summed E-state index contributed by atoms with van der Waals surface area (Å²) in [5.41, 5.74) is 2.82. The van der Waals surface area contributed by atoms with Crippen molar-refractivity contribution in [2.75, 3.05) is 6.26 Å². The van der Waals surface area contributed by atoms with Crippen molar-refractivity contribution >= 4 is 17.7 Å². The monoisotopic (exact) mass is 289 g/mol. The molecule has 0 bridgehead atoms. The first kappa shape index (κ1) is 13.2. The predicted molar refractivity (Wildman–Crippen MR) is 76.9 cm³/mol. The second-order valence-electron chi connectivity index (χ2n) is 4.73. The lowest BCUT2D eigenvalue weighted by Crippen LogP contribution is -2.45. The Morgan fingerprint density at radius 1 is 1.40 bits per heavy atom. The Morgan fingerprint density at radius 2 is 2.15 bits per heavy atom. The molecule has 1 aliphatic heterocycles. The molecule has 2 heterocycles. The van der Waals surface area contributed by atoms with Crippen LogP contribution in [0.2, 0.25) is 0 Å². The summed E-state index contributed by atoms with van der Waals surface area (Å²) in [4.78, 5) is 19.8. The average molecular weight is 289 g/mol. The van der Waals surface area contributed by atoms with Gasteiger partial charge in [-0.15, -0.1) is 11.8 Å². The smallest absolute Gasteiger partial charge is 0.321 e. The van der Waals surface area contributed by atoms with Crippen molar-refractivity contribution in [2.24, 2.45) is 0 Å². The number of thioether (sulfide) groups is 1. The fourth-order valence-corrected chi connectivity index (χ4v) is 2.90. The summed E-state index contributed by atoms with van der Waals surface area (Å²) in [5.74, 6) is -0.837. The van der Waals surface area contributed by atoms with E-state index in [4.69, 9.17) is 0 Å². The Bertz CT molecular complexity index is 624. The van der Waals surface area contributed by atoms with Crippen LogP contribution in [-0.4, -0.2) is 33.3 Å². The van der Waals surface area contributed by atoms with Gasteiger partial charge in [0, 0.05) is 17.0 Å². The molecule has 0 amide bonds. The van der Waals surface area contributed by atoms with Crippen molar-refractivity contribution in [1.82, 2.24) is 15.3 Å². The number of carboxylic acid groups (broad SMARTS) is 1. The van der Waals surface area contributed by atoms with E-state index in [1.807, 2.05) is 30.5 Å². The molecule has 0 fully saturated rings. The van der Waals surface area contributed by atoms with E-state index in [0.717, 1.165) is 17.0 Å². The van der Waals surface area contributed by atoms with E-state index in [2.05, 4.69) is 15.3 Å². The highest BCUT2D eigenvalue weighted by molar-refractivity contribution is 7.98. The van der Waals surface area contributed by atoms with Gasteiger partial charge in [-0.1, -0.05) is 12.1 Å². The molecule has 3 N–H and O–H groups in total. The highest BCUT2D eigenvalue weighted by Gasteiger charge is 2.32. The molecule has 0 saturated heterocycles. The van der Waals surface area contributed by atoms with Gasteiger partial charge in [0.15, 0.2) is 0 Å². The van der Waals surface area contributed by atoms with Crippen molar-refractivity contribution < 1.29 is 9.90 Å². The Morgan fingerprint density at radius 3 is 2.80 bits per heavy atom. The lowest BCUT2D eigenvalue weighted by molar-refractivity contribution is -0.139. The number of fused-ring (bicyclic) bond motifs is 1. The maximum Gasteiger partial charge on any atom is 0.321 e. The first-order chi connectivity index (χ1) is 9.69. The minimum Gasteiger partial charge on any atom is -0.480 e. The van der Waals surface area contributed by atoms with Crippen LogP contribution >= 0.6 is 11.8 Å². The molecular formula is C14H15N3O2S. The fourth-order valence-electron chi connectivity index (χ4n) is 2.50. The number of aromatic nitrogens is 2. The largest absolute Gasteiger partial charge is 0.480 e. The molecule has 0 unspecified atom stereocenters. The summed E-state index contributed by atoms with van der Waals surface area (Å²) in [5, 5.41) is 12.4. The summed E-state index contributed by atoms with van der Waals surface area (Å²) in [6.07, 6.45) is 4.09. The molecule has 1 aliphatic rings. The van der Waals surface area contributed by atoms with Crippen LogP contribution in [0.25, 0.3) is 0 Å². The van der Waals surface area contributed by atoms with Crippen LogP contribution in [0.5, 0.6) is 0 Å². The summed E-state index contributed by atoms with van der Waals surface area (Å²) in [7, 11) is 0. The van der Waals surface area contributed by atoms with Gasteiger partial charge in [0.1, 0.15) is 6.04 Å². The number of aromatic amines is 1. The number of imidazole rings is 1. The SMILES string of the molecule is CSc1ccc([C@H]2N[C@@H](C(=O)O)Cc3[nH]cnc32)cc1. The van der Waals surface area contributed by atoms with Crippen molar-refractivity contribution in [3.63, 3.8) is 0 Å². The molecule has 0 saturated carbocycles. The second-order valence-corrected chi connectivity index (χ2v) is 5.61. The minimum atomic E-state index is -0.837. The summed E-state index contributed by atoms with van der Waals surface area (Å²) in [6.45, 7) is 0. The van der Waals surface area contributed by atoms with E-state index >= 15 is 0 Å². The van der Waals surface area contributed by atoms with Crippen molar-refractivity contribution in [3.8, 4) is 0 Å². The highest BCUT2D eigenvalue weighted by Crippen LogP contribution is 2.29. The maximum absolute atomic E-state index is 11.3. The van der Waals surface area contributed by atoms with Gasteiger partial charge >= 0.3 is 5.97 Å². The zero-order chi connectivity index (χ0) is 14.1. The zero-order valence-corrected chi connectivity index (χ0v) is 11.8. The number of nitrogens with one attached hydrogen (secondary N) is 2. The van der Waals surface area contributed by atoms with Crippen LogP contribution in [-0.2, 0) is 11.2 Å². The second kappa shape index (κ2) is 5.30. The van der Waals surface area contributed by atoms with Gasteiger partial charge < -0.3 is 10.1 Å². The van der Waals surface area contributed by atoms with Crippen molar-refractivity contribution in [3.05, 3.63) is 47.5 Å². The summed E-state index contributed by atoms with van der Waals surface area (Å²) >= 11 is 1.68. The molecule has 2 aromatic rings. The lowest BCUT2D eigenvalue weighted by atomic mass is 9.94. The summed E-state index contributed by atoms with van der Waals surface area (Å²) < 4.78 is 0. The number of hydrogen-bond acceptors (Lipinski definition) is 4. The fraction of sp³-hybridized carbons (Fsp3) is 0.286. The quantitative estimate of drug-likeness (QED) is 0.751. The molecule has 1 aromatic carbocycles. The topological polar surface area (TPSA) is 78.0 Å². The number of H-pyrrole nitrogens is 1. The Kier molecular flexibility index (Phi) is 3.50. The molecule has 5 nitrogen and oxygen atoms in total. The molecule has 3 rings (SSSR count). The molecule has 104 valence electrons. The van der Waals surface area contributed by atoms with Crippen LogP contribution < -0.4 is 5.32 Å². The Hall–Kier alpha value is -1.79. The normalized spacial score (nSPS) is 21.4. The number of hydrogen-bond donors (Lipinski definition) is 3. The van der Waals surface area contributed by atoms with Crippen LogP contribution in [0.15, 0.2) is 35.5 Å².